The molecule has 0 fully saturated rings. The molecule has 0 amide bonds. The second-order valence-electron chi connectivity index (χ2n) is 5.55. The first-order valence-electron chi connectivity index (χ1n) is 8.03. The van der Waals surface area contributed by atoms with E-state index >= 15 is 0 Å². The van der Waals surface area contributed by atoms with Gasteiger partial charge in [0.2, 0.25) is 0 Å². The molecule has 1 heterocycles. The maximum Gasteiger partial charge on any atom is 0.355 e. The van der Waals surface area contributed by atoms with E-state index in [2.05, 4.69) is 0 Å². The van der Waals surface area contributed by atoms with Crippen molar-refractivity contribution in [2.45, 2.75) is 26.4 Å². The van der Waals surface area contributed by atoms with Gasteiger partial charge in [0.1, 0.15) is 18.2 Å². The molecule has 1 aromatic rings. The molecule has 1 unspecified atom stereocenters. The fourth-order valence-corrected chi connectivity index (χ4v) is 2.37. The summed E-state index contributed by atoms with van der Waals surface area (Å²) in [5, 5.41) is 0. The molecule has 7 nitrogen and oxygen atoms in total. The molecule has 0 bridgehead atoms. The summed E-state index contributed by atoms with van der Waals surface area (Å²) in [6.45, 7) is 4.15. The number of esters is 2. The molecule has 0 saturated heterocycles. The van der Waals surface area contributed by atoms with Gasteiger partial charge in [0.05, 0.1) is 32.5 Å². The number of carbonyl (C=O) groups is 2. The fraction of sp³-hybridized carbons (Fsp3) is 0.444. The molecule has 2 rings (SSSR count). The van der Waals surface area contributed by atoms with Crippen molar-refractivity contribution in [2.75, 3.05) is 32.5 Å². The van der Waals surface area contributed by atoms with E-state index in [1.807, 2.05) is 26.0 Å². The normalized spacial score (nSPS) is 15.6. The number of hydrogen-bond acceptors (Lipinski definition) is 7. The topological polar surface area (TPSA) is 74.3 Å². The Labute approximate surface area is 147 Å². The van der Waals surface area contributed by atoms with Crippen molar-refractivity contribution in [3.63, 3.8) is 0 Å². The highest BCUT2D eigenvalue weighted by atomic mass is 16.5. The van der Waals surface area contributed by atoms with Crippen molar-refractivity contribution in [3.8, 4) is 5.75 Å². The molecule has 136 valence electrons. The van der Waals surface area contributed by atoms with Crippen LogP contribution in [0.1, 0.15) is 20.3 Å². The second-order valence-corrected chi connectivity index (χ2v) is 5.55. The Balaban J connectivity index is 2.35. The van der Waals surface area contributed by atoms with Gasteiger partial charge in [-0.2, -0.15) is 0 Å². The quantitative estimate of drug-likeness (QED) is 0.729. The van der Waals surface area contributed by atoms with Crippen molar-refractivity contribution in [3.05, 3.63) is 35.5 Å². The molecule has 1 atom stereocenters. The molecule has 1 aromatic carbocycles. The molecular weight excluding hydrogens is 326 g/mol. The van der Waals surface area contributed by atoms with Gasteiger partial charge in [-0.25, -0.2) is 9.59 Å². The minimum Gasteiger partial charge on any atom is -0.491 e. The molecule has 7 heteroatoms. The summed E-state index contributed by atoms with van der Waals surface area (Å²) in [4.78, 5) is 25.8. The van der Waals surface area contributed by atoms with Crippen LogP contribution in [0.15, 0.2) is 35.5 Å². The summed E-state index contributed by atoms with van der Waals surface area (Å²) in [6, 6.07) is 7.21. The Bertz CT molecular complexity index is 652. The molecule has 0 N–H and O–H groups in total. The third kappa shape index (κ3) is 4.30. The van der Waals surface area contributed by atoms with E-state index in [0.29, 0.717) is 5.69 Å². The van der Waals surface area contributed by atoms with Gasteiger partial charge in [-0.15, -0.1) is 0 Å². The van der Waals surface area contributed by atoms with E-state index in [-0.39, 0.29) is 30.7 Å². The van der Waals surface area contributed by atoms with Crippen LogP contribution in [0.25, 0.3) is 0 Å². The molecular formula is C18H23NO6. The lowest BCUT2D eigenvalue weighted by Gasteiger charge is -2.31. The Hall–Kier alpha value is -2.54. The van der Waals surface area contributed by atoms with Crippen LogP contribution in [0.4, 0.5) is 5.69 Å². The predicted octanol–water partition coefficient (Wildman–Crippen LogP) is 2.26. The number of methoxy groups -OCH3 is 2. The SMILES string of the molecule is CCC(C)Oc1ccc(N2COCC(C(=O)OC)=C2C(=O)OC)cc1. The van der Waals surface area contributed by atoms with Crippen molar-refractivity contribution >= 4 is 17.6 Å². The largest absolute Gasteiger partial charge is 0.491 e. The van der Waals surface area contributed by atoms with Gasteiger partial charge in [-0.05, 0) is 37.6 Å². The minimum absolute atomic E-state index is 0.0111. The summed E-state index contributed by atoms with van der Waals surface area (Å²) in [5.74, 6) is -0.515. The van der Waals surface area contributed by atoms with Crippen molar-refractivity contribution in [1.82, 2.24) is 0 Å². The average molecular weight is 349 g/mol. The summed E-state index contributed by atoms with van der Waals surface area (Å²) in [6.07, 6.45) is 1.01. The highest BCUT2D eigenvalue weighted by Gasteiger charge is 2.32. The number of carbonyl (C=O) groups excluding carboxylic acids is 2. The van der Waals surface area contributed by atoms with E-state index in [4.69, 9.17) is 18.9 Å². The molecule has 0 spiro atoms. The third-order valence-corrected chi connectivity index (χ3v) is 3.89. The van der Waals surface area contributed by atoms with Crippen LogP contribution in [-0.4, -0.2) is 45.6 Å². The molecule has 0 saturated carbocycles. The summed E-state index contributed by atoms with van der Waals surface area (Å²) in [7, 11) is 2.52. The van der Waals surface area contributed by atoms with Crippen molar-refractivity contribution < 1.29 is 28.5 Å². The standard InChI is InChI=1S/C18H23NO6/c1-5-12(2)25-14-8-6-13(7-9-14)19-11-24-10-15(17(20)22-3)16(19)18(21)23-4/h6-9,12H,5,10-11H2,1-4H3. The minimum atomic E-state index is -0.623. The zero-order valence-electron chi connectivity index (χ0n) is 14.9. The molecule has 1 aliphatic rings. The van der Waals surface area contributed by atoms with E-state index in [9.17, 15) is 9.59 Å². The predicted molar refractivity (Wildman–Crippen MR) is 91.2 cm³/mol. The van der Waals surface area contributed by atoms with Crippen LogP contribution < -0.4 is 9.64 Å². The lowest BCUT2D eigenvalue weighted by molar-refractivity contribution is -0.140. The first-order valence-corrected chi connectivity index (χ1v) is 8.03. The van der Waals surface area contributed by atoms with Crippen LogP contribution in [0.5, 0.6) is 5.75 Å². The molecule has 25 heavy (non-hydrogen) atoms. The van der Waals surface area contributed by atoms with Gasteiger partial charge >= 0.3 is 11.9 Å². The van der Waals surface area contributed by atoms with Crippen molar-refractivity contribution in [1.29, 1.82) is 0 Å². The van der Waals surface area contributed by atoms with Crippen LogP contribution in [0.3, 0.4) is 0 Å². The van der Waals surface area contributed by atoms with Gasteiger partial charge in [0.15, 0.2) is 0 Å². The highest BCUT2D eigenvalue weighted by Crippen LogP contribution is 2.28. The lowest BCUT2D eigenvalue weighted by Crippen LogP contribution is -2.38. The zero-order valence-corrected chi connectivity index (χ0v) is 14.9. The van der Waals surface area contributed by atoms with E-state index in [1.54, 1.807) is 17.0 Å². The summed E-state index contributed by atoms with van der Waals surface area (Å²) in [5.41, 5.74) is 0.926. The van der Waals surface area contributed by atoms with Gasteiger partial charge in [0, 0.05) is 5.69 Å². The Morgan fingerprint density at radius 2 is 1.80 bits per heavy atom. The monoisotopic (exact) mass is 349 g/mol. The Morgan fingerprint density at radius 3 is 2.36 bits per heavy atom. The molecule has 0 aromatic heterocycles. The zero-order chi connectivity index (χ0) is 18.4. The number of nitrogens with zero attached hydrogens (tertiary/aromatic N) is 1. The number of anilines is 1. The number of hydrogen-bond donors (Lipinski definition) is 0. The molecule has 1 aliphatic heterocycles. The van der Waals surface area contributed by atoms with Crippen LogP contribution >= 0.6 is 0 Å². The molecule has 0 aliphatic carbocycles. The van der Waals surface area contributed by atoms with Gasteiger partial charge in [-0.3, -0.25) is 0 Å². The Kier molecular flexibility index (Phi) is 6.41. The van der Waals surface area contributed by atoms with E-state index < -0.39 is 11.9 Å². The smallest absolute Gasteiger partial charge is 0.355 e. The van der Waals surface area contributed by atoms with E-state index in [0.717, 1.165) is 12.2 Å². The first-order chi connectivity index (χ1) is 12.0. The first kappa shape index (κ1) is 18.8. The van der Waals surface area contributed by atoms with Gasteiger partial charge < -0.3 is 23.8 Å². The van der Waals surface area contributed by atoms with Crippen LogP contribution in [0, 0.1) is 0 Å². The number of ether oxygens (including phenoxy) is 4. The molecule has 0 radical (unpaired) electrons. The second kappa shape index (κ2) is 8.53. The summed E-state index contributed by atoms with van der Waals surface area (Å²) < 4.78 is 20.8. The van der Waals surface area contributed by atoms with Gasteiger partial charge in [-0.1, -0.05) is 6.92 Å². The Morgan fingerprint density at radius 1 is 1.16 bits per heavy atom. The maximum absolute atomic E-state index is 12.2. The number of benzene rings is 1. The summed E-state index contributed by atoms with van der Waals surface area (Å²) >= 11 is 0. The average Bonchev–Trinajstić information content (AvgIpc) is 2.66. The van der Waals surface area contributed by atoms with E-state index in [1.165, 1.54) is 14.2 Å². The third-order valence-electron chi connectivity index (χ3n) is 3.89. The van der Waals surface area contributed by atoms with Crippen molar-refractivity contribution in [2.24, 2.45) is 0 Å². The fourth-order valence-electron chi connectivity index (χ4n) is 2.37. The van der Waals surface area contributed by atoms with Crippen LogP contribution in [-0.2, 0) is 23.8 Å². The lowest BCUT2D eigenvalue weighted by atomic mass is 10.1. The highest BCUT2D eigenvalue weighted by molar-refractivity contribution is 6.03. The maximum atomic E-state index is 12.2. The van der Waals surface area contributed by atoms with Gasteiger partial charge in [0.25, 0.3) is 0 Å². The van der Waals surface area contributed by atoms with Crippen LogP contribution in [0.2, 0.25) is 0 Å². The number of rotatable bonds is 6.